The maximum atomic E-state index is 5.49. The summed E-state index contributed by atoms with van der Waals surface area (Å²) in [6.45, 7) is 15.3. The Balaban J connectivity index is 4.68. The highest BCUT2D eigenvalue weighted by Gasteiger charge is 2.26. The lowest BCUT2D eigenvalue weighted by molar-refractivity contribution is 0.272. The van der Waals surface area contributed by atoms with E-state index in [-0.39, 0.29) is 5.41 Å². The summed E-state index contributed by atoms with van der Waals surface area (Å²) < 4.78 is 0. The second-order valence-electron chi connectivity index (χ2n) is 5.15. The van der Waals surface area contributed by atoms with Gasteiger partial charge in [0.25, 0.3) is 0 Å². The zero-order valence-corrected chi connectivity index (χ0v) is 10.8. The van der Waals surface area contributed by atoms with E-state index in [0.29, 0.717) is 12.1 Å². The van der Waals surface area contributed by atoms with Crippen molar-refractivity contribution in [3.05, 3.63) is 0 Å². The summed E-state index contributed by atoms with van der Waals surface area (Å²) >= 11 is 5.49. The SMILES string of the molecule is CC(C)N(C(=S)C(C)(C)C)C(C)C. The van der Waals surface area contributed by atoms with Gasteiger partial charge in [-0.2, -0.15) is 0 Å². The molecular weight excluding hydrogens is 178 g/mol. The van der Waals surface area contributed by atoms with Crippen molar-refractivity contribution < 1.29 is 0 Å². The Morgan fingerprint density at radius 3 is 1.38 bits per heavy atom. The van der Waals surface area contributed by atoms with Crippen molar-refractivity contribution in [1.82, 2.24) is 4.90 Å². The summed E-state index contributed by atoms with van der Waals surface area (Å²) in [5.41, 5.74) is 0.101. The van der Waals surface area contributed by atoms with Crippen LogP contribution < -0.4 is 0 Å². The molecule has 0 N–H and O–H groups in total. The molecule has 0 aliphatic heterocycles. The van der Waals surface area contributed by atoms with Gasteiger partial charge in [0.05, 0.1) is 4.99 Å². The highest BCUT2D eigenvalue weighted by Crippen LogP contribution is 2.22. The van der Waals surface area contributed by atoms with Crippen molar-refractivity contribution in [3.63, 3.8) is 0 Å². The Morgan fingerprint density at radius 2 is 1.31 bits per heavy atom. The number of rotatable bonds is 2. The van der Waals surface area contributed by atoms with E-state index in [2.05, 4.69) is 53.4 Å². The molecular formula is C11H23NS. The van der Waals surface area contributed by atoms with Crippen molar-refractivity contribution >= 4 is 17.2 Å². The van der Waals surface area contributed by atoms with Crippen LogP contribution >= 0.6 is 12.2 Å². The van der Waals surface area contributed by atoms with Gasteiger partial charge in [0.1, 0.15) is 0 Å². The summed E-state index contributed by atoms with van der Waals surface area (Å²) in [5, 5.41) is 0. The first-order valence-electron chi connectivity index (χ1n) is 5.00. The van der Waals surface area contributed by atoms with Gasteiger partial charge in [-0.3, -0.25) is 0 Å². The van der Waals surface area contributed by atoms with Crippen molar-refractivity contribution in [3.8, 4) is 0 Å². The van der Waals surface area contributed by atoms with E-state index in [9.17, 15) is 0 Å². The van der Waals surface area contributed by atoms with Gasteiger partial charge in [-0.15, -0.1) is 0 Å². The number of nitrogens with zero attached hydrogens (tertiary/aromatic N) is 1. The molecule has 78 valence electrons. The predicted molar refractivity (Wildman–Crippen MR) is 64.2 cm³/mol. The molecule has 0 aliphatic rings. The maximum absolute atomic E-state index is 5.49. The molecule has 0 saturated heterocycles. The van der Waals surface area contributed by atoms with Gasteiger partial charge in [0.2, 0.25) is 0 Å². The van der Waals surface area contributed by atoms with E-state index in [4.69, 9.17) is 12.2 Å². The molecule has 0 spiro atoms. The molecule has 0 rings (SSSR count). The molecule has 0 radical (unpaired) electrons. The van der Waals surface area contributed by atoms with Crippen molar-refractivity contribution in [1.29, 1.82) is 0 Å². The van der Waals surface area contributed by atoms with Crippen molar-refractivity contribution in [2.45, 2.75) is 60.5 Å². The van der Waals surface area contributed by atoms with Gasteiger partial charge in [-0.1, -0.05) is 33.0 Å². The summed E-state index contributed by atoms with van der Waals surface area (Å²) in [5.74, 6) is 0. The van der Waals surface area contributed by atoms with E-state index in [0.717, 1.165) is 4.99 Å². The van der Waals surface area contributed by atoms with Gasteiger partial charge in [0, 0.05) is 17.5 Å². The number of hydrogen-bond acceptors (Lipinski definition) is 1. The first kappa shape index (κ1) is 12.9. The highest BCUT2D eigenvalue weighted by atomic mass is 32.1. The lowest BCUT2D eigenvalue weighted by Gasteiger charge is -2.38. The molecule has 0 amide bonds. The number of hydrogen-bond donors (Lipinski definition) is 0. The molecule has 0 bridgehead atoms. The van der Waals surface area contributed by atoms with E-state index < -0.39 is 0 Å². The lowest BCUT2D eigenvalue weighted by atomic mass is 9.94. The fourth-order valence-corrected chi connectivity index (χ4v) is 1.87. The molecule has 0 saturated carbocycles. The van der Waals surface area contributed by atoms with Crippen LogP contribution in [0.25, 0.3) is 0 Å². The van der Waals surface area contributed by atoms with E-state index in [1.165, 1.54) is 0 Å². The van der Waals surface area contributed by atoms with E-state index in [1.54, 1.807) is 0 Å². The lowest BCUT2D eigenvalue weighted by Crippen LogP contribution is -2.46. The van der Waals surface area contributed by atoms with E-state index in [1.807, 2.05) is 0 Å². The third kappa shape index (κ3) is 3.63. The molecule has 0 aliphatic carbocycles. The molecule has 0 aromatic carbocycles. The molecule has 0 unspecified atom stereocenters. The average Bonchev–Trinajstić information content (AvgIpc) is 1.82. The minimum atomic E-state index is 0.101. The first-order valence-corrected chi connectivity index (χ1v) is 5.41. The second-order valence-corrected chi connectivity index (χ2v) is 5.54. The summed E-state index contributed by atoms with van der Waals surface area (Å²) in [6, 6.07) is 0.985. The van der Waals surface area contributed by atoms with Crippen LogP contribution in [0.1, 0.15) is 48.5 Å². The zero-order valence-electron chi connectivity index (χ0n) is 10.0. The Hall–Kier alpha value is -0.110. The monoisotopic (exact) mass is 201 g/mol. The smallest absolute Gasteiger partial charge is 0.0838 e. The highest BCUT2D eigenvalue weighted by molar-refractivity contribution is 7.80. The van der Waals surface area contributed by atoms with Gasteiger partial charge in [-0.25, -0.2) is 0 Å². The Labute approximate surface area is 88.5 Å². The number of thiocarbonyl (C=S) groups is 1. The summed E-state index contributed by atoms with van der Waals surface area (Å²) in [4.78, 5) is 3.38. The molecule has 13 heavy (non-hydrogen) atoms. The normalized spacial score (nSPS) is 12.4. The fraction of sp³-hybridized carbons (Fsp3) is 0.909. The summed E-state index contributed by atoms with van der Waals surface area (Å²) in [6.07, 6.45) is 0. The van der Waals surface area contributed by atoms with Crippen LogP contribution in [0.4, 0.5) is 0 Å². The van der Waals surface area contributed by atoms with Gasteiger partial charge in [-0.05, 0) is 27.7 Å². The fourth-order valence-electron chi connectivity index (χ4n) is 1.45. The van der Waals surface area contributed by atoms with Crippen LogP contribution in [-0.4, -0.2) is 22.0 Å². The quantitative estimate of drug-likeness (QED) is 0.629. The third-order valence-corrected chi connectivity index (χ3v) is 2.81. The molecule has 0 atom stereocenters. The minimum absolute atomic E-state index is 0.101. The van der Waals surface area contributed by atoms with Crippen LogP contribution in [0.2, 0.25) is 0 Å². The van der Waals surface area contributed by atoms with Crippen LogP contribution in [0.15, 0.2) is 0 Å². The molecule has 0 heterocycles. The Bertz CT molecular complexity index is 169. The average molecular weight is 201 g/mol. The van der Waals surface area contributed by atoms with E-state index >= 15 is 0 Å². The molecule has 0 aromatic rings. The molecule has 0 aromatic heterocycles. The van der Waals surface area contributed by atoms with Crippen LogP contribution in [-0.2, 0) is 0 Å². The Kier molecular flexibility index (Phi) is 4.37. The van der Waals surface area contributed by atoms with Crippen LogP contribution in [0.5, 0.6) is 0 Å². The second kappa shape index (κ2) is 4.41. The van der Waals surface area contributed by atoms with Crippen LogP contribution in [0.3, 0.4) is 0 Å². The first-order chi connectivity index (χ1) is 5.68. The maximum Gasteiger partial charge on any atom is 0.0838 e. The van der Waals surface area contributed by atoms with Gasteiger partial charge < -0.3 is 4.90 Å². The molecule has 2 heteroatoms. The predicted octanol–water partition coefficient (Wildman–Crippen LogP) is 3.48. The molecule has 1 nitrogen and oxygen atoms in total. The van der Waals surface area contributed by atoms with Crippen molar-refractivity contribution in [2.24, 2.45) is 5.41 Å². The summed E-state index contributed by atoms with van der Waals surface area (Å²) in [7, 11) is 0. The molecule has 0 fully saturated rings. The topological polar surface area (TPSA) is 3.24 Å². The Morgan fingerprint density at radius 1 is 1.00 bits per heavy atom. The third-order valence-electron chi connectivity index (χ3n) is 1.99. The van der Waals surface area contributed by atoms with Crippen LogP contribution in [0, 0.1) is 5.41 Å². The standard InChI is InChI=1S/C11H23NS/c1-8(2)12(9(3)4)10(13)11(5,6)7/h8-9H,1-7H3. The van der Waals surface area contributed by atoms with Gasteiger partial charge >= 0.3 is 0 Å². The van der Waals surface area contributed by atoms with Gasteiger partial charge in [0.15, 0.2) is 0 Å². The minimum Gasteiger partial charge on any atom is -0.361 e. The van der Waals surface area contributed by atoms with Crippen molar-refractivity contribution in [2.75, 3.05) is 0 Å². The zero-order chi connectivity index (χ0) is 10.8. The largest absolute Gasteiger partial charge is 0.361 e.